The number of hydrogen-bond acceptors (Lipinski definition) is 6. The summed E-state index contributed by atoms with van der Waals surface area (Å²) in [7, 11) is -3.79. The van der Waals surface area contributed by atoms with Gasteiger partial charge in [-0.1, -0.05) is 0 Å². The fraction of sp³-hybridized carbons (Fsp3) is 0.143. The zero-order valence-corrected chi connectivity index (χ0v) is 12.9. The smallest absolute Gasteiger partial charge is 0.374 e. The second kappa shape index (κ2) is 6.63. The maximum atomic E-state index is 11.7. The number of nitrogens with one attached hydrogen (secondary N) is 1. The molecular formula is C14H14N2O6S. The van der Waals surface area contributed by atoms with Crippen molar-refractivity contribution in [2.75, 3.05) is 11.9 Å². The van der Waals surface area contributed by atoms with Crippen molar-refractivity contribution in [3.8, 4) is 0 Å². The lowest BCUT2D eigenvalue weighted by molar-refractivity contribution is -0.119. The Labute approximate surface area is 132 Å². The van der Waals surface area contributed by atoms with Crippen LogP contribution in [0.1, 0.15) is 16.3 Å². The minimum absolute atomic E-state index is 0.00723. The monoisotopic (exact) mass is 338 g/mol. The van der Waals surface area contributed by atoms with Crippen LogP contribution >= 0.6 is 0 Å². The Morgan fingerprint density at radius 1 is 1.17 bits per heavy atom. The molecule has 0 aliphatic heterocycles. The lowest BCUT2D eigenvalue weighted by Crippen LogP contribution is -2.20. The fourth-order valence-electron chi connectivity index (χ4n) is 1.67. The molecule has 9 heteroatoms. The summed E-state index contributed by atoms with van der Waals surface area (Å²) in [6.07, 6.45) is 0. The summed E-state index contributed by atoms with van der Waals surface area (Å²) >= 11 is 0. The van der Waals surface area contributed by atoms with Gasteiger partial charge in [-0.05, 0) is 43.3 Å². The average molecular weight is 338 g/mol. The first-order chi connectivity index (χ1) is 10.8. The summed E-state index contributed by atoms with van der Waals surface area (Å²) < 4.78 is 32.1. The fourth-order valence-corrected chi connectivity index (χ4v) is 2.19. The van der Waals surface area contributed by atoms with Gasteiger partial charge in [0, 0.05) is 5.69 Å². The number of esters is 1. The van der Waals surface area contributed by atoms with Crippen molar-refractivity contribution in [2.45, 2.75) is 11.8 Å². The Bertz CT molecular complexity index is 823. The number of hydrogen-bond donors (Lipinski definition) is 2. The van der Waals surface area contributed by atoms with Crippen molar-refractivity contribution in [1.82, 2.24) is 0 Å². The van der Waals surface area contributed by atoms with E-state index in [-0.39, 0.29) is 10.7 Å². The van der Waals surface area contributed by atoms with Gasteiger partial charge in [-0.2, -0.15) is 0 Å². The summed E-state index contributed by atoms with van der Waals surface area (Å²) in [5.41, 5.74) is 0.340. The minimum atomic E-state index is -3.79. The molecule has 0 saturated carbocycles. The largest absolute Gasteiger partial charge is 0.454 e. The van der Waals surface area contributed by atoms with Crippen LogP contribution in [-0.4, -0.2) is 26.9 Å². The van der Waals surface area contributed by atoms with Gasteiger partial charge in [-0.25, -0.2) is 18.4 Å². The highest BCUT2D eigenvalue weighted by atomic mass is 32.2. The van der Waals surface area contributed by atoms with Gasteiger partial charge in [0.2, 0.25) is 15.8 Å². The van der Waals surface area contributed by atoms with E-state index >= 15 is 0 Å². The molecule has 1 aromatic carbocycles. The van der Waals surface area contributed by atoms with Crippen LogP contribution in [0.25, 0.3) is 0 Å². The number of ether oxygens (including phenoxy) is 1. The average Bonchev–Trinajstić information content (AvgIpc) is 2.91. The molecule has 1 heterocycles. The summed E-state index contributed by atoms with van der Waals surface area (Å²) in [5, 5.41) is 7.41. The van der Waals surface area contributed by atoms with Crippen molar-refractivity contribution in [2.24, 2.45) is 5.14 Å². The van der Waals surface area contributed by atoms with E-state index in [4.69, 9.17) is 14.3 Å². The van der Waals surface area contributed by atoms with Crippen LogP contribution in [0.15, 0.2) is 45.7 Å². The lowest BCUT2D eigenvalue weighted by atomic mass is 10.3. The first-order valence-electron chi connectivity index (χ1n) is 6.42. The van der Waals surface area contributed by atoms with E-state index < -0.39 is 28.5 Å². The van der Waals surface area contributed by atoms with Crippen molar-refractivity contribution >= 4 is 27.6 Å². The van der Waals surface area contributed by atoms with Crippen LogP contribution in [0.5, 0.6) is 0 Å². The van der Waals surface area contributed by atoms with E-state index in [0.29, 0.717) is 11.4 Å². The predicted octanol–water partition coefficient (Wildman–Crippen LogP) is 1.03. The second-order valence-electron chi connectivity index (χ2n) is 4.60. The zero-order valence-electron chi connectivity index (χ0n) is 12.1. The van der Waals surface area contributed by atoms with Crippen molar-refractivity contribution in [1.29, 1.82) is 0 Å². The molecule has 0 aliphatic rings. The molecule has 0 atom stereocenters. The molecular weight excluding hydrogens is 324 g/mol. The van der Waals surface area contributed by atoms with Crippen molar-refractivity contribution in [3.63, 3.8) is 0 Å². The van der Waals surface area contributed by atoms with Gasteiger partial charge in [0.1, 0.15) is 5.76 Å². The molecule has 8 nitrogen and oxygen atoms in total. The Morgan fingerprint density at radius 3 is 2.35 bits per heavy atom. The summed E-state index contributed by atoms with van der Waals surface area (Å²) in [4.78, 5) is 23.2. The number of benzene rings is 1. The van der Waals surface area contributed by atoms with Crippen LogP contribution in [0.3, 0.4) is 0 Å². The van der Waals surface area contributed by atoms with Crippen LogP contribution < -0.4 is 10.5 Å². The number of primary sulfonamides is 1. The van der Waals surface area contributed by atoms with E-state index in [9.17, 15) is 18.0 Å². The third kappa shape index (κ3) is 4.66. The molecule has 0 fully saturated rings. The first kappa shape index (κ1) is 16.7. The number of sulfonamides is 1. The molecule has 0 aliphatic carbocycles. The summed E-state index contributed by atoms with van der Waals surface area (Å²) in [5.74, 6) is -0.771. The Hall–Kier alpha value is -2.65. The third-order valence-corrected chi connectivity index (χ3v) is 3.67. The number of carbonyl (C=O) groups excluding carboxylic acids is 2. The number of nitrogens with two attached hydrogens (primary N) is 1. The molecule has 0 bridgehead atoms. The van der Waals surface area contributed by atoms with Crippen LogP contribution in [0, 0.1) is 6.92 Å². The normalized spacial score (nSPS) is 11.0. The van der Waals surface area contributed by atoms with Gasteiger partial charge in [0.15, 0.2) is 6.61 Å². The molecule has 23 heavy (non-hydrogen) atoms. The van der Waals surface area contributed by atoms with Crippen LogP contribution in [0.2, 0.25) is 0 Å². The maximum absolute atomic E-state index is 11.7. The Morgan fingerprint density at radius 2 is 1.83 bits per heavy atom. The standard InChI is InChI=1S/C14H14N2O6S/c1-9-2-7-12(22-9)14(18)21-8-13(17)16-10-3-5-11(6-4-10)23(15,19)20/h2-7H,8H2,1H3,(H,16,17)(H2,15,19,20). The Kier molecular flexibility index (Phi) is 4.82. The van der Waals surface area contributed by atoms with Crippen LogP contribution in [0.4, 0.5) is 5.69 Å². The lowest BCUT2D eigenvalue weighted by Gasteiger charge is -2.06. The molecule has 1 aromatic heterocycles. The van der Waals surface area contributed by atoms with E-state index in [0.717, 1.165) is 0 Å². The second-order valence-corrected chi connectivity index (χ2v) is 6.17. The predicted molar refractivity (Wildman–Crippen MR) is 80.2 cm³/mol. The highest BCUT2D eigenvalue weighted by molar-refractivity contribution is 7.89. The zero-order chi connectivity index (χ0) is 17.0. The van der Waals surface area contributed by atoms with Gasteiger partial charge < -0.3 is 14.5 Å². The summed E-state index contributed by atoms with van der Waals surface area (Å²) in [6, 6.07) is 8.29. The summed E-state index contributed by atoms with van der Waals surface area (Å²) in [6.45, 7) is 1.17. The topological polar surface area (TPSA) is 129 Å². The van der Waals surface area contributed by atoms with E-state index in [1.54, 1.807) is 13.0 Å². The van der Waals surface area contributed by atoms with Crippen LogP contribution in [-0.2, 0) is 19.6 Å². The molecule has 0 radical (unpaired) electrons. The molecule has 0 unspecified atom stereocenters. The van der Waals surface area contributed by atoms with E-state index in [2.05, 4.69) is 5.32 Å². The highest BCUT2D eigenvalue weighted by Crippen LogP contribution is 2.13. The van der Waals surface area contributed by atoms with Gasteiger partial charge >= 0.3 is 5.97 Å². The molecule has 2 aromatic rings. The molecule has 0 saturated heterocycles. The third-order valence-electron chi connectivity index (χ3n) is 2.74. The number of aryl methyl sites for hydroxylation is 1. The molecule has 122 valence electrons. The first-order valence-corrected chi connectivity index (χ1v) is 7.96. The molecule has 2 rings (SSSR count). The van der Waals surface area contributed by atoms with Gasteiger partial charge in [-0.3, -0.25) is 4.79 Å². The number of furan rings is 1. The van der Waals surface area contributed by atoms with E-state index in [1.807, 2.05) is 0 Å². The molecule has 1 amide bonds. The number of carbonyl (C=O) groups is 2. The van der Waals surface area contributed by atoms with Crippen molar-refractivity contribution in [3.05, 3.63) is 47.9 Å². The number of amides is 1. The Balaban J connectivity index is 1.88. The molecule has 0 spiro atoms. The molecule has 3 N–H and O–H groups in total. The number of anilines is 1. The van der Waals surface area contributed by atoms with Gasteiger partial charge in [0.25, 0.3) is 5.91 Å². The maximum Gasteiger partial charge on any atom is 0.374 e. The van der Waals surface area contributed by atoms with Gasteiger partial charge in [-0.15, -0.1) is 0 Å². The minimum Gasteiger partial charge on any atom is -0.454 e. The highest BCUT2D eigenvalue weighted by Gasteiger charge is 2.14. The SMILES string of the molecule is Cc1ccc(C(=O)OCC(=O)Nc2ccc(S(N)(=O)=O)cc2)o1. The quantitative estimate of drug-likeness (QED) is 0.783. The number of rotatable bonds is 5. The van der Waals surface area contributed by atoms with E-state index in [1.165, 1.54) is 30.3 Å². The van der Waals surface area contributed by atoms with Crippen molar-refractivity contribution < 1.29 is 27.2 Å². The van der Waals surface area contributed by atoms with Gasteiger partial charge in [0.05, 0.1) is 4.90 Å².